The number of ether oxygens (including phenoxy) is 3. The fraction of sp³-hybridized carbons (Fsp3) is 0.829. The van der Waals surface area contributed by atoms with Gasteiger partial charge < -0.3 is 61.8 Å². The summed E-state index contributed by atoms with van der Waals surface area (Å²) in [7, 11) is 3.10. The molecule has 0 spiro atoms. The molecule has 18 nitrogen and oxygen atoms in total. The van der Waals surface area contributed by atoms with Crippen LogP contribution in [0.15, 0.2) is 17.1 Å². The predicted molar refractivity (Wildman–Crippen MR) is 209 cm³/mol. The molecule has 6 fully saturated rings. The number of aliphatic hydroxyl groups is 5. The van der Waals surface area contributed by atoms with E-state index in [4.69, 9.17) is 25.7 Å². The van der Waals surface area contributed by atoms with Crippen molar-refractivity contribution in [3.05, 3.63) is 12.2 Å². The zero-order valence-corrected chi connectivity index (χ0v) is 34.2. The van der Waals surface area contributed by atoms with E-state index in [1.807, 2.05) is 6.92 Å². The maximum absolute atomic E-state index is 15.0. The molecule has 11 N–H and O–H groups in total. The molecular formula is C41H64N6O12. The van der Waals surface area contributed by atoms with Crippen molar-refractivity contribution >= 4 is 29.3 Å². The average molecular weight is 833 g/mol. The fourth-order valence-electron chi connectivity index (χ4n) is 12.4. The minimum Gasteiger partial charge on any atom is -0.394 e. The second-order valence-electron chi connectivity index (χ2n) is 18.1. The topological polar surface area (TPSA) is 289 Å². The number of aliphatic hydroxyl groups excluding tert-OH is 4. The molecule has 0 aromatic heterocycles. The molecule has 59 heavy (non-hydrogen) atoms. The van der Waals surface area contributed by atoms with Gasteiger partial charge >= 0.3 is 0 Å². The van der Waals surface area contributed by atoms with Crippen LogP contribution in [-0.4, -0.2) is 154 Å². The van der Waals surface area contributed by atoms with E-state index < -0.39 is 103 Å². The SMILES string of the molecule is CCC1C(OC)CC(O[C@H]2O[C@H](CO)[C@](O)(C[C@H](CN3C(=O)C=CC3=O)C3CCNC(N)C3)[C@H](O)[C@H]2O)C2C(=O)C3C(CC4CCCC(NC(N)=NC)C4C3O)C(=O)C12. The van der Waals surface area contributed by atoms with Gasteiger partial charge in [-0.2, -0.15) is 0 Å². The number of rotatable bonds is 11. The fourth-order valence-corrected chi connectivity index (χ4v) is 12.4. The predicted octanol–water partition coefficient (Wildman–Crippen LogP) is -2.10. The summed E-state index contributed by atoms with van der Waals surface area (Å²) in [5.74, 6) is -6.30. The first-order valence-electron chi connectivity index (χ1n) is 21.5. The number of methoxy groups -OCH3 is 1. The minimum atomic E-state index is -2.28. The van der Waals surface area contributed by atoms with Crippen LogP contribution in [0.1, 0.15) is 64.7 Å². The minimum absolute atomic E-state index is 0.00932. The van der Waals surface area contributed by atoms with Crippen molar-refractivity contribution in [2.24, 2.45) is 69.7 Å². The van der Waals surface area contributed by atoms with Crippen LogP contribution >= 0.6 is 0 Å². The van der Waals surface area contributed by atoms with Gasteiger partial charge in [-0.25, -0.2) is 0 Å². The molecule has 4 saturated carbocycles. The van der Waals surface area contributed by atoms with Crippen LogP contribution in [0.5, 0.6) is 0 Å². The van der Waals surface area contributed by atoms with Gasteiger partial charge in [0.05, 0.1) is 42.9 Å². The number of aliphatic imine (C=N–C) groups is 1. The molecule has 18 heteroatoms. The number of hydrogen-bond donors (Lipinski definition) is 9. The first kappa shape index (κ1) is 44.2. The summed E-state index contributed by atoms with van der Waals surface area (Å²) in [4.78, 5) is 60.1. The third-order valence-corrected chi connectivity index (χ3v) is 15.2. The number of hydrogen-bond acceptors (Lipinski definition) is 15. The third-order valence-electron chi connectivity index (χ3n) is 15.2. The third kappa shape index (κ3) is 8.03. The van der Waals surface area contributed by atoms with Gasteiger partial charge in [-0.1, -0.05) is 19.8 Å². The highest BCUT2D eigenvalue weighted by molar-refractivity contribution is 6.12. The van der Waals surface area contributed by atoms with E-state index in [-0.39, 0.29) is 66.6 Å². The van der Waals surface area contributed by atoms with Crippen molar-refractivity contribution in [1.82, 2.24) is 15.5 Å². The molecule has 3 heterocycles. The Labute approximate surface area is 344 Å². The smallest absolute Gasteiger partial charge is 0.253 e. The van der Waals surface area contributed by atoms with Crippen LogP contribution in [0.25, 0.3) is 0 Å². The summed E-state index contributed by atoms with van der Waals surface area (Å²) in [6.07, 6.45) is -3.59. The number of nitrogens with two attached hydrogens (primary N) is 2. The molecule has 0 bridgehead atoms. The van der Waals surface area contributed by atoms with E-state index in [1.54, 1.807) is 7.05 Å². The van der Waals surface area contributed by atoms with Crippen LogP contribution in [0.2, 0.25) is 0 Å². The second kappa shape index (κ2) is 17.8. The van der Waals surface area contributed by atoms with Gasteiger partial charge in [0.15, 0.2) is 12.2 Å². The van der Waals surface area contributed by atoms with Gasteiger partial charge in [-0.05, 0) is 68.7 Å². The second-order valence-corrected chi connectivity index (χ2v) is 18.1. The monoisotopic (exact) mass is 832 g/mol. The molecule has 3 aliphatic heterocycles. The number of amides is 2. The average Bonchev–Trinajstić information content (AvgIpc) is 3.54. The van der Waals surface area contributed by atoms with Crippen LogP contribution in [-0.2, 0) is 33.4 Å². The van der Waals surface area contributed by atoms with Gasteiger partial charge in [0.2, 0.25) is 0 Å². The number of nitrogens with one attached hydrogen (secondary N) is 2. The maximum atomic E-state index is 15.0. The van der Waals surface area contributed by atoms with E-state index in [1.165, 1.54) is 7.11 Å². The number of carbonyl (C=O) groups excluding carboxylic acids is 4. The van der Waals surface area contributed by atoms with E-state index in [9.17, 15) is 44.7 Å². The molecule has 0 aromatic carbocycles. The highest BCUT2D eigenvalue weighted by Crippen LogP contribution is 2.55. The zero-order valence-electron chi connectivity index (χ0n) is 34.2. The van der Waals surface area contributed by atoms with E-state index in [2.05, 4.69) is 15.6 Å². The van der Waals surface area contributed by atoms with Crippen LogP contribution < -0.4 is 22.1 Å². The van der Waals surface area contributed by atoms with Gasteiger partial charge in [-0.3, -0.25) is 29.1 Å². The Morgan fingerprint density at radius 3 is 2.41 bits per heavy atom. The lowest BCUT2D eigenvalue weighted by Gasteiger charge is -2.57. The highest BCUT2D eigenvalue weighted by Gasteiger charge is 2.64. The number of ketones is 2. The molecule has 2 saturated heterocycles. The molecule has 7 rings (SSSR count). The summed E-state index contributed by atoms with van der Waals surface area (Å²) < 4.78 is 18.5. The Morgan fingerprint density at radius 1 is 1.03 bits per heavy atom. The quantitative estimate of drug-likeness (QED) is 0.0613. The number of guanidine groups is 1. The maximum Gasteiger partial charge on any atom is 0.253 e. The Kier molecular flexibility index (Phi) is 13.3. The van der Waals surface area contributed by atoms with E-state index >= 15 is 0 Å². The molecule has 0 aromatic rings. The van der Waals surface area contributed by atoms with E-state index in [0.717, 1.165) is 29.9 Å². The van der Waals surface area contributed by atoms with Crippen molar-refractivity contribution in [1.29, 1.82) is 0 Å². The lowest BCUT2D eigenvalue weighted by Crippen LogP contribution is -2.70. The summed E-state index contributed by atoms with van der Waals surface area (Å²) >= 11 is 0. The molecule has 330 valence electrons. The molecule has 7 aliphatic rings. The Hall–Kier alpha value is -2.91. The number of Topliss-reactive ketones (excluding diaryl/α,β-unsaturated/α-hetero) is 2. The Bertz CT molecular complexity index is 1630. The summed E-state index contributed by atoms with van der Waals surface area (Å²) in [6.45, 7) is 1.56. The summed E-state index contributed by atoms with van der Waals surface area (Å²) in [5.41, 5.74) is 9.99. The lowest BCUT2D eigenvalue weighted by atomic mass is 9.49. The van der Waals surface area contributed by atoms with Crippen molar-refractivity contribution in [3.63, 3.8) is 0 Å². The normalized spacial score (nSPS) is 45.8. The molecule has 0 radical (unpaired) electrons. The molecule has 13 unspecified atom stereocenters. The number of fused-ring (bicyclic) bond motifs is 3. The zero-order chi connectivity index (χ0) is 42.5. The van der Waals surface area contributed by atoms with Crippen molar-refractivity contribution < 1.29 is 58.9 Å². The van der Waals surface area contributed by atoms with Gasteiger partial charge in [0.25, 0.3) is 11.8 Å². The number of piperidine rings is 1. The Balaban J connectivity index is 1.15. The highest BCUT2D eigenvalue weighted by atomic mass is 16.7. The largest absolute Gasteiger partial charge is 0.394 e. The summed E-state index contributed by atoms with van der Waals surface area (Å²) in [6, 6.07) is -0.241. The number of imide groups is 1. The molecule has 19 atom stereocenters. The molecule has 2 amide bonds. The van der Waals surface area contributed by atoms with Crippen LogP contribution in [0, 0.1) is 53.3 Å². The standard InChI is InChI=1S/C41H64N6O12/c1-4-21-24(57-3)14-25(33-31(21)34(51)22-12-19-6-5-7-23(46-40(43)44-2)30(19)35(52)32(22)36(33)53)58-39-37(54)38(55)41(56,26(17-48)59-39)15-20(18-10-11-45-27(42)13-18)16-47-28(49)8-9-29(47)50/h8-9,18-27,30-33,35,37-39,45,48,52,54-56H,4-7,10-17,42H2,1-3H3,(H3,43,44,46)/t18?,19?,20-,21?,22?,23?,24?,25?,26-,27?,30?,31?,32?,33?,35?,37-,38-,39+,41-/m1/s1. The summed E-state index contributed by atoms with van der Waals surface area (Å²) in [5, 5.41) is 64.9. The molecule has 4 aliphatic carbocycles. The first-order valence-corrected chi connectivity index (χ1v) is 21.5. The van der Waals surface area contributed by atoms with Gasteiger partial charge in [-0.15, -0.1) is 0 Å². The van der Waals surface area contributed by atoms with Crippen molar-refractivity contribution in [2.45, 2.75) is 125 Å². The number of nitrogens with zero attached hydrogens (tertiary/aromatic N) is 2. The van der Waals surface area contributed by atoms with E-state index in [0.29, 0.717) is 38.6 Å². The number of carbonyl (C=O) groups is 4. The van der Waals surface area contributed by atoms with Crippen LogP contribution in [0.4, 0.5) is 0 Å². The van der Waals surface area contributed by atoms with Gasteiger partial charge in [0.1, 0.15) is 35.5 Å². The lowest BCUT2D eigenvalue weighted by molar-refractivity contribution is -0.349. The Morgan fingerprint density at radius 2 is 1.76 bits per heavy atom. The van der Waals surface area contributed by atoms with Crippen LogP contribution in [0.3, 0.4) is 0 Å². The van der Waals surface area contributed by atoms with Crippen molar-refractivity contribution in [2.75, 3.05) is 33.9 Å². The first-order chi connectivity index (χ1) is 28.2. The van der Waals surface area contributed by atoms with Gasteiger partial charge in [0, 0.05) is 63.1 Å². The molecular weight excluding hydrogens is 768 g/mol. The van der Waals surface area contributed by atoms with Crippen molar-refractivity contribution in [3.8, 4) is 0 Å².